The molecular weight excluding hydrogens is 274 g/mol. The first-order valence-electron chi connectivity index (χ1n) is 6.35. The van der Waals surface area contributed by atoms with Crippen molar-refractivity contribution in [3.8, 4) is 5.75 Å². The summed E-state index contributed by atoms with van der Waals surface area (Å²) >= 11 is 0. The minimum absolute atomic E-state index is 0.0524. The Bertz CT molecular complexity index is 604. The van der Waals surface area contributed by atoms with Crippen LogP contribution in [0.5, 0.6) is 5.75 Å². The molecule has 1 atom stereocenters. The van der Waals surface area contributed by atoms with E-state index in [1.807, 2.05) is 0 Å². The van der Waals surface area contributed by atoms with Crippen LogP contribution in [0.4, 0.5) is 0 Å². The van der Waals surface area contributed by atoms with E-state index in [9.17, 15) is 9.59 Å². The molecule has 0 saturated carbocycles. The van der Waals surface area contributed by atoms with E-state index < -0.39 is 11.9 Å². The van der Waals surface area contributed by atoms with Gasteiger partial charge < -0.3 is 19.6 Å². The lowest BCUT2D eigenvalue weighted by molar-refractivity contribution is -0.125. The minimum atomic E-state index is -0.629. The van der Waals surface area contributed by atoms with Crippen molar-refractivity contribution in [2.45, 2.75) is 13.0 Å². The van der Waals surface area contributed by atoms with Gasteiger partial charge in [-0.3, -0.25) is 4.79 Å². The number of carbonyl (C=O) groups is 2. The summed E-state index contributed by atoms with van der Waals surface area (Å²) in [5.41, 5.74) is 0.264. The molecule has 21 heavy (non-hydrogen) atoms. The predicted octanol–water partition coefficient (Wildman–Crippen LogP) is 2.02. The van der Waals surface area contributed by atoms with Gasteiger partial charge in [0, 0.05) is 0 Å². The average molecular weight is 289 g/mol. The Labute approximate surface area is 121 Å². The minimum Gasteiger partial charge on any atom is -0.508 e. The highest BCUT2D eigenvalue weighted by molar-refractivity contribution is 5.91. The zero-order valence-electron chi connectivity index (χ0n) is 11.4. The van der Waals surface area contributed by atoms with E-state index in [0.717, 1.165) is 0 Å². The van der Waals surface area contributed by atoms with Gasteiger partial charge in [0.15, 0.2) is 6.61 Å². The van der Waals surface area contributed by atoms with E-state index in [1.54, 1.807) is 19.1 Å². The second-order valence-corrected chi connectivity index (χ2v) is 4.43. The fraction of sp³-hybridized carbons (Fsp3) is 0.200. The van der Waals surface area contributed by atoms with E-state index in [1.165, 1.54) is 30.5 Å². The summed E-state index contributed by atoms with van der Waals surface area (Å²) in [6.07, 6.45) is 1.52. The van der Waals surface area contributed by atoms with Crippen molar-refractivity contribution < 1.29 is 23.8 Å². The molecule has 0 aliphatic rings. The maximum Gasteiger partial charge on any atom is 0.338 e. The third-order valence-electron chi connectivity index (χ3n) is 2.78. The highest BCUT2D eigenvalue weighted by atomic mass is 16.5. The van der Waals surface area contributed by atoms with E-state index in [-0.39, 0.29) is 24.0 Å². The molecule has 0 aliphatic heterocycles. The molecule has 6 nitrogen and oxygen atoms in total. The molecule has 0 unspecified atom stereocenters. The molecule has 2 N–H and O–H groups in total. The second-order valence-electron chi connectivity index (χ2n) is 4.43. The molecular formula is C15H15NO5. The van der Waals surface area contributed by atoms with Gasteiger partial charge in [-0.1, -0.05) is 0 Å². The van der Waals surface area contributed by atoms with E-state index in [0.29, 0.717) is 5.76 Å². The number of aromatic hydroxyl groups is 1. The number of carbonyl (C=O) groups excluding carboxylic acids is 2. The third kappa shape index (κ3) is 4.10. The van der Waals surface area contributed by atoms with Crippen molar-refractivity contribution >= 4 is 11.9 Å². The molecule has 1 heterocycles. The summed E-state index contributed by atoms with van der Waals surface area (Å²) in [6, 6.07) is 8.74. The van der Waals surface area contributed by atoms with E-state index in [4.69, 9.17) is 14.3 Å². The first-order chi connectivity index (χ1) is 10.1. The molecule has 2 rings (SSSR count). The van der Waals surface area contributed by atoms with Gasteiger partial charge in [0.1, 0.15) is 11.5 Å². The number of hydrogen-bond acceptors (Lipinski definition) is 5. The number of esters is 1. The Kier molecular flexibility index (Phi) is 4.61. The number of rotatable bonds is 5. The zero-order chi connectivity index (χ0) is 15.2. The summed E-state index contributed by atoms with van der Waals surface area (Å²) in [4.78, 5) is 23.3. The maximum absolute atomic E-state index is 11.7. The number of hydrogen-bond donors (Lipinski definition) is 2. The van der Waals surface area contributed by atoms with Gasteiger partial charge >= 0.3 is 5.97 Å². The Balaban J connectivity index is 1.81. The van der Waals surface area contributed by atoms with Gasteiger partial charge in [-0.15, -0.1) is 0 Å². The Morgan fingerprint density at radius 3 is 2.62 bits per heavy atom. The number of phenols is 1. The normalized spacial score (nSPS) is 11.7. The molecule has 1 amide bonds. The first-order valence-corrected chi connectivity index (χ1v) is 6.35. The summed E-state index contributed by atoms with van der Waals surface area (Å²) in [5, 5.41) is 11.8. The first kappa shape index (κ1) is 14.6. The molecule has 2 aromatic rings. The van der Waals surface area contributed by atoms with Crippen molar-refractivity contribution in [3.63, 3.8) is 0 Å². The topological polar surface area (TPSA) is 88.8 Å². The van der Waals surface area contributed by atoms with Gasteiger partial charge in [-0.2, -0.15) is 0 Å². The predicted molar refractivity (Wildman–Crippen MR) is 73.7 cm³/mol. The highest BCUT2D eigenvalue weighted by Crippen LogP contribution is 2.12. The van der Waals surface area contributed by atoms with Crippen molar-refractivity contribution in [2.75, 3.05) is 6.61 Å². The number of nitrogens with one attached hydrogen (secondary N) is 1. The van der Waals surface area contributed by atoms with Crippen molar-refractivity contribution in [2.24, 2.45) is 0 Å². The third-order valence-corrected chi connectivity index (χ3v) is 2.78. The largest absolute Gasteiger partial charge is 0.508 e. The highest BCUT2D eigenvalue weighted by Gasteiger charge is 2.14. The van der Waals surface area contributed by atoms with Crippen LogP contribution in [0, 0.1) is 0 Å². The Morgan fingerprint density at radius 2 is 2.00 bits per heavy atom. The average Bonchev–Trinajstić information content (AvgIpc) is 3.00. The summed E-state index contributed by atoms with van der Waals surface area (Å²) in [7, 11) is 0. The lowest BCUT2D eigenvalue weighted by Crippen LogP contribution is -2.30. The van der Waals surface area contributed by atoms with Crippen LogP contribution in [0.15, 0.2) is 47.1 Å². The monoisotopic (exact) mass is 289 g/mol. The number of ether oxygens (including phenoxy) is 1. The van der Waals surface area contributed by atoms with Crippen LogP contribution < -0.4 is 5.32 Å². The Hall–Kier alpha value is -2.76. The summed E-state index contributed by atoms with van der Waals surface area (Å²) < 4.78 is 10.0. The molecule has 1 aromatic carbocycles. The molecule has 0 fully saturated rings. The second kappa shape index (κ2) is 6.60. The quantitative estimate of drug-likeness (QED) is 0.822. The van der Waals surface area contributed by atoms with E-state index in [2.05, 4.69) is 5.32 Å². The van der Waals surface area contributed by atoms with Crippen molar-refractivity contribution in [1.82, 2.24) is 5.32 Å². The number of amides is 1. The molecule has 0 aliphatic carbocycles. The van der Waals surface area contributed by atoms with Crippen LogP contribution in [0.2, 0.25) is 0 Å². The smallest absolute Gasteiger partial charge is 0.338 e. The van der Waals surface area contributed by atoms with Gasteiger partial charge in [-0.05, 0) is 43.3 Å². The van der Waals surface area contributed by atoms with Gasteiger partial charge in [0.05, 0.1) is 17.9 Å². The molecule has 110 valence electrons. The molecule has 1 aromatic heterocycles. The number of phenolic OH excluding ortho intramolecular Hbond substituents is 1. The van der Waals surface area contributed by atoms with Crippen LogP contribution in [-0.2, 0) is 9.53 Å². The van der Waals surface area contributed by atoms with E-state index >= 15 is 0 Å². The standard InChI is InChI=1S/C15H15NO5/c1-10(13-3-2-8-20-13)16-14(18)9-21-15(19)11-4-6-12(17)7-5-11/h2-8,10,17H,9H2,1H3,(H,16,18)/t10-/m1/s1. The van der Waals surface area contributed by atoms with Gasteiger partial charge in [-0.25, -0.2) is 4.79 Å². The van der Waals surface area contributed by atoms with Gasteiger partial charge in [0.25, 0.3) is 5.91 Å². The SMILES string of the molecule is C[C@@H](NC(=O)COC(=O)c1ccc(O)cc1)c1ccco1. The van der Waals surface area contributed by atoms with Crippen LogP contribution >= 0.6 is 0 Å². The summed E-state index contributed by atoms with van der Waals surface area (Å²) in [5.74, 6) is -0.383. The van der Waals surface area contributed by atoms with Crippen molar-refractivity contribution in [1.29, 1.82) is 0 Å². The molecule has 0 radical (unpaired) electrons. The lowest BCUT2D eigenvalue weighted by Gasteiger charge is -2.11. The number of furan rings is 1. The van der Waals surface area contributed by atoms with Crippen LogP contribution in [0.1, 0.15) is 29.1 Å². The van der Waals surface area contributed by atoms with Crippen LogP contribution in [0.25, 0.3) is 0 Å². The zero-order valence-corrected chi connectivity index (χ0v) is 11.4. The fourth-order valence-corrected chi connectivity index (χ4v) is 1.70. The lowest BCUT2D eigenvalue weighted by atomic mass is 10.2. The molecule has 0 spiro atoms. The van der Waals surface area contributed by atoms with Gasteiger partial charge in [0.2, 0.25) is 0 Å². The van der Waals surface area contributed by atoms with Crippen molar-refractivity contribution in [3.05, 3.63) is 54.0 Å². The Morgan fingerprint density at radius 1 is 1.29 bits per heavy atom. The molecule has 0 saturated heterocycles. The maximum atomic E-state index is 11.7. The molecule has 6 heteroatoms. The number of benzene rings is 1. The fourth-order valence-electron chi connectivity index (χ4n) is 1.70. The molecule has 0 bridgehead atoms. The summed E-state index contributed by atoms with van der Waals surface area (Å²) in [6.45, 7) is 1.38. The van der Waals surface area contributed by atoms with Crippen LogP contribution in [0.3, 0.4) is 0 Å². The van der Waals surface area contributed by atoms with Crippen LogP contribution in [-0.4, -0.2) is 23.6 Å².